The molecule has 0 aromatic heterocycles. The Balaban J connectivity index is 1.57. The fraction of sp³-hybridized carbons (Fsp3) is 0.846. The molecule has 2 saturated heterocycles. The summed E-state index contributed by atoms with van der Waals surface area (Å²) in [7, 11) is 0. The van der Waals surface area contributed by atoms with Crippen LogP contribution in [0.1, 0.15) is 12.8 Å². The molecule has 2 aliphatic heterocycles. The Morgan fingerprint density at radius 1 is 1.22 bits per heavy atom. The first-order valence-corrected chi connectivity index (χ1v) is 6.83. The van der Waals surface area contributed by atoms with Gasteiger partial charge in [0.1, 0.15) is 6.10 Å². The molecule has 4 fully saturated rings. The summed E-state index contributed by atoms with van der Waals surface area (Å²) in [6, 6.07) is 0. The summed E-state index contributed by atoms with van der Waals surface area (Å²) >= 11 is 0. The molecule has 2 bridgehead atoms. The van der Waals surface area contributed by atoms with Crippen molar-refractivity contribution in [2.45, 2.75) is 18.9 Å². The van der Waals surface area contributed by atoms with Gasteiger partial charge in [0.2, 0.25) is 5.91 Å². The van der Waals surface area contributed by atoms with Gasteiger partial charge in [-0.2, -0.15) is 0 Å². The maximum Gasteiger partial charge on any atom is 0.310 e. The average Bonchev–Trinajstić information content (AvgIpc) is 3.00. The van der Waals surface area contributed by atoms with Crippen molar-refractivity contribution in [2.24, 2.45) is 23.7 Å². The fourth-order valence-corrected chi connectivity index (χ4v) is 4.34. The standard InChI is InChI=1S/C13H17NO4/c15-12(14-1-3-17-4-2-14)10-7-5-8-9(6-7)18-13(16)11(8)10/h7-11H,1-6H2/t7-,8+,9-,10+,11+/m1/s1. The van der Waals surface area contributed by atoms with Crippen LogP contribution in [-0.2, 0) is 19.1 Å². The lowest BCUT2D eigenvalue weighted by Crippen LogP contribution is -2.47. The molecule has 2 saturated carbocycles. The second-order valence-electron chi connectivity index (χ2n) is 5.86. The molecule has 1 amide bonds. The number of fused-ring (bicyclic) bond motifs is 1. The fourth-order valence-electron chi connectivity index (χ4n) is 4.34. The van der Waals surface area contributed by atoms with Gasteiger partial charge in [0.15, 0.2) is 0 Å². The summed E-state index contributed by atoms with van der Waals surface area (Å²) in [5, 5.41) is 0. The smallest absolute Gasteiger partial charge is 0.310 e. The van der Waals surface area contributed by atoms with E-state index in [1.165, 1.54) is 0 Å². The van der Waals surface area contributed by atoms with Gasteiger partial charge in [-0.1, -0.05) is 0 Å². The van der Waals surface area contributed by atoms with Crippen molar-refractivity contribution >= 4 is 11.9 Å². The monoisotopic (exact) mass is 251 g/mol. The van der Waals surface area contributed by atoms with Crippen LogP contribution in [0.5, 0.6) is 0 Å². The Kier molecular flexibility index (Phi) is 2.22. The van der Waals surface area contributed by atoms with Gasteiger partial charge in [-0.15, -0.1) is 0 Å². The summed E-state index contributed by atoms with van der Waals surface area (Å²) in [5.41, 5.74) is 0. The first kappa shape index (κ1) is 10.8. The number of hydrogen-bond acceptors (Lipinski definition) is 4. The molecule has 5 heteroatoms. The molecule has 0 spiro atoms. The summed E-state index contributed by atoms with van der Waals surface area (Å²) in [6.45, 7) is 2.56. The van der Waals surface area contributed by atoms with E-state index in [1.54, 1.807) is 0 Å². The third-order valence-corrected chi connectivity index (χ3v) is 5.09. The Bertz CT molecular complexity index is 402. The van der Waals surface area contributed by atoms with Crippen LogP contribution in [0.25, 0.3) is 0 Å². The van der Waals surface area contributed by atoms with Crippen molar-refractivity contribution in [3.8, 4) is 0 Å². The highest BCUT2D eigenvalue weighted by Crippen LogP contribution is 2.58. The minimum Gasteiger partial charge on any atom is -0.462 e. The van der Waals surface area contributed by atoms with Gasteiger partial charge in [-0.3, -0.25) is 9.59 Å². The van der Waals surface area contributed by atoms with Gasteiger partial charge in [0.05, 0.1) is 25.0 Å². The lowest BCUT2D eigenvalue weighted by atomic mass is 9.79. The molecule has 0 radical (unpaired) electrons. The highest BCUT2D eigenvalue weighted by Gasteiger charge is 2.64. The van der Waals surface area contributed by atoms with E-state index >= 15 is 0 Å². The molecule has 2 aliphatic carbocycles. The Morgan fingerprint density at radius 2 is 2.00 bits per heavy atom. The Hall–Kier alpha value is -1.10. The quantitative estimate of drug-likeness (QED) is 0.618. The number of ether oxygens (including phenoxy) is 2. The van der Waals surface area contributed by atoms with Crippen molar-refractivity contribution in [1.29, 1.82) is 0 Å². The molecule has 2 heterocycles. The lowest BCUT2D eigenvalue weighted by molar-refractivity contribution is -0.149. The number of esters is 1. The molecule has 0 aromatic rings. The number of rotatable bonds is 1. The van der Waals surface area contributed by atoms with Gasteiger partial charge >= 0.3 is 5.97 Å². The van der Waals surface area contributed by atoms with E-state index in [2.05, 4.69) is 0 Å². The predicted molar refractivity (Wildman–Crippen MR) is 60.5 cm³/mol. The summed E-state index contributed by atoms with van der Waals surface area (Å²) in [5.74, 6) is 0.456. The van der Waals surface area contributed by atoms with Crippen molar-refractivity contribution in [1.82, 2.24) is 4.90 Å². The van der Waals surface area contributed by atoms with E-state index in [0.717, 1.165) is 12.8 Å². The van der Waals surface area contributed by atoms with Gasteiger partial charge in [-0.25, -0.2) is 0 Å². The third-order valence-electron chi connectivity index (χ3n) is 5.09. The molecular formula is C13H17NO4. The zero-order valence-corrected chi connectivity index (χ0v) is 10.2. The van der Waals surface area contributed by atoms with E-state index in [0.29, 0.717) is 38.1 Å². The van der Waals surface area contributed by atoms with Crippen LogP contribution in [0.15, 0.2) is 0 Å². The maximum absolute atomic E-state index is 12.6. The van der Waals surface area contributed by atoms with Gasteiger partial charge < -0.3 is 14.4 Å². The van der Waals surface area contributed by atoms with Crippen LogP contribution < -0.4 is 0 Å². The van der Waals surface area contributed by atoms with E-state index in [-0.39, 0.29) is 29.8 Å². The van der Waals surface area contributed by atoms with Crippen molar-refractivity contribution in [3.05, 3.63) is 0 Å². The minimum atomic E-state index is -0.149. The van der Waals surface area contributed by atoms with E-state index in [9.17, 15) is 9.59 Å². The van der Waals surface area contributed by atoms with Crippen molar-refractivity contribution in [3.63, 3.8) is 0 Å². The molecule has 5 atom stereocenters. The molecule has 0 unspecified atom stereocenters. The molecule has 4 aliphatic rings. The van der Waals surface area contributed by atoms with Crippen LogP contribution in [0.4, 0.5) is 0 Å². The largest absolute Gasteiger partial charge is 0.462 e. The van der Waals surface area contributed by atoms with Gasteiger partial charge in [0.25, 0.3) is 0 Å². The third kappa shape index (κ3) is 1.31. The molecule has 18 heavy (non-hydrogen) atoms. The summed E-state index contributed by atoms with van der Waals surface area (Å²) in [4.78, 5) is 26.3. The summed E-state index contributed by atoms with van der Waals surface area (Å²) < 4.78 is 10.6. The molecule has 0 N–H and O–H groups in total. The first-order valence-electron chi connectivity index (χ1n) is 6.83. The van der Waals surface area contributed by atoms with E-state index in [4.69, 9.17) is 9.47 Å². The van der Waals surface area contributed by atoms with Crippen LogP contribution >= 0.6 is 0 Å². The second-order valence-corrected chi connectivity index (χ2v) is 5.86. The normalized spacial score (nSPS) is 45.4. The maximum atomic E-state index is 12.6. The predicted octanol–water partition coefficient (Wildman–Crippen LogP) is 0.0428. The number of nitrogens with zero attached hydrogens (tertiary/aromatic N) is 1. The van der Waals surface area contributed by atoms with Crippen LogP contribution in [-0.4, -0.2) is 49.2 Å². The van der Waals surface area contributed by atoms with Crippen LogP contribution in [0.2, 0.25) is 0 Å². The number of amides is 1. The highest BCUT2D eigenvalue weighted by atomic mass is 16.6. The average molecular weight is 251 g/mol. The molecule has 98 valence electrons. The Labute approximate surface area is 105 Å². The van der Waals surface area contributed by atoms with Crippen molar-refractivity contribution in [2.75, 3.05) is 26.3 Å². The van der Waals surface area contributed by atoms with Crippen LogP contribution in [0, 0.1) is 23.7 Å². The molecule has 4 rings (SSSR count). The SMILES string of the molecule is O=C1O[C@@H]2C[C@H]3C[C@@H]2[C@H]1[C@H]3C(=O)N1CCOCC1. The second kappa shape index (κ2) is 3.70. The number of carbonyl (C=O) groups excluding carboxylic acids is 2. The summed E-state index contributed by atoms with van der Waals surface area (Å²) in [6.07, 6.45) is 2.01. The Morgan fingerprint density at radius 3 is 2.78 bits per heavy atom. The minimum absolute atomic E-state index is 0.112. The van der Waals surface area contributed by atoms with Gasteiger partial charge in [0, 0.05) is 19.0 Å². The number of morpholine rings is 1. The number of carbonyl (C=O) groups is 2. The van der Waals surface area contributed by atoms with Gasteiger partial charge in [-0.05, 0) is 18.8 Å². The number of hydrogen-bond donors (Lipinski definition) is 0. The zero-order valence-electron chi connectivity index (χ0n) is 10.2. The molecule has 5 nitrogen and oxygen atoms in total. The zero-order chi connectivity index (χ0) is 12.3. The lowest BCUT2D eigenvalue weighted by Gasteiger charge is -2.33. The van der Waals surface area contributed by atoms with Crippen LogP contribution in [0.3, 0.4) is 0 Å². The van der Waals surface area contributed by atoms with E-state index in [1.807, 2.05) is 4.90 Å². The topological polar surface area (TPSA) is 55.8 Å². The highest BCUT2D eigenvalue weighted by molar-refractivity contribution is 5.88. The first-order chi connectivity index (χ1) is 8.75. The molecular weight excluding hydrogens is 234 g/mol. The molecule has 0 aromatic carbocycles. The van der Waals surface area contributed by atoms with E-state index < -0.39 is 0 Å². The van der Waals surface area contributed by atoms with Crippen molar-refractivity contribution < 1.29 is 19.1 Å².